The summed E-state index contributed by atoms with van der Waals surface area (Å²) in [5.41, 5.74) is 7.48. The molecule has 0 saturated heterocycles. The fourth-order valence-corrected chi connectivity index (χ4v) is 2.20. The van der Waals surface area contributed by atoms with E-state index >= 15 is 0 Å². The summed E-state index contributed by atoms with van der Waals surface area (Å²) < 4.78 is 1.54. The second-order valence-corrected chi connectivity index (χ2v) is 4.81. The van der Waals surface area contributed by atoms with Gasteiger partial charge in [0.1, 0.15) is 5.69 Å². The third kappa shape index (κ3) is 2.43. The zero-order valence-electron chi connectivity index (χ0n) is 10.5. The number of amides is 1. The molecule has 1 saturated carbocycles. The average molecular weight is 236 g/mol. The quantitative estimate of drug-likeness (QED) is 0.825. The smallest absolute Gasteiger partial charge is 0.271 e. The summed E-state index contributed by atoms with van der Waals surface area (Å²) in [6.45, 7) is 2.54. The van der Waals surface area contributed by atoms with Crippen molar-refractivity contribution in [1.82, 2.24) is 15.1 Å². The number of nitrogens with one attached hydrogen (secondary N) is 1. The van der Waals surface area contributed by atoms with Crippen LogP contribution < -0.4 is 11.1 Å². The number of aromatic nitrogens is 2. The molecule has 17 heavy (non-hydrogen) atoms. The third-order valence-electron chi connectivity index (χ3n) is 3.55. The van der Waals surface area contributed by atoms with Crippen LogP contribution in [0.4, 0.5) is 5.69 Å². The minimum atomic E-state index is -0.120. The fourth-order valence-electron chi connectivity index (χ4n) is 2.20. The van der Waals surface area contributed by atoms with E-state index in [1.807, 2.05) is 0 Å². The number of carbonyl (C=O) groups excluding carboxylic acids is 1. The number of hydrogen-bond acceptors (Lipinski definition) is 3. The first kappa shape index (κ1) is 12.0. The lowest BCUT2D eigenvalue weighted by Gasteiger charge is -2.25. The largest absolute Gasteiger partial charge is 0.395 e. The van der Waals surface area contributed by atoms with Gasteiger partial charge in [0.2, 0.25) is 0 Å². The van der Waals surface area contributed by atoms with Gasteiger partial charge in [0, 0.05) is 13.6 Å². The number of hydrogen-bond donors (Lipinski definition) is 2. The first-order valence-corrected chi connectivity index (χ1v) is 6.17. The van der Waals surface area contributed by atoms with Crippen LogP contribution in [0.3, 0.4) is 0 Å². The summed E-state index contributed by atoms with van der Waals surface area (Å²) in [6, 6.07) is 0. The highest BCUT2D eigenvalue weighted by Gasteiger charge is 2.19. The fraction of sp³-hybridized carbons (Fsp3) is 0.667. The molecule has 5 heteroatoms. The SMILES string of the molecule is Cc1nn(C)c(C(=O)NCCC2CCC2)c1N. The molecule has 0 aromatic carbocycles. The minimum Gasteiger partial charge on any atom is -0.395 e. The van der Waals surface area contributed by atoms with E-state index in [1.165, 1.54) is 19.3 Å². The molecule has 3 N–H and O–H groups in total. The molecule has 1 aromatic heterocycles. The summed E-state index contributed by atoms with van der Waals surface area (Å²) in [4.78, 5) is 11.9. The molecule has 0 atom stereocenters. The van der Waals surface area contributed by atoms with Gasteiger partial charge in [-0.3, -0.25) is 9.48 Å². The van der Waals surface area contributed by atoms with Crippen LogP contribution in [0.2, 0.25) is 0 Å². The van der Waals surface area contributed by atoms with E-state index in [1.54, 1.807) is 18.7 Å². The lowest BCUT2D eigenvalue weighted by molar-refractivity contribution is 0.0940. The van der Waals surface area contributed by atoms with Gasteiger partial charge in [0.15, 0.2) is 0 Å². The van der Waals surface area contributed by atoms with Gasteiger partial charge >= 0.3 is 0 Å². The predicted octanol–water partition coefficient (Wildman–Crippen LogP) is 1.23. The maximum Gasteiger partial charge on any atom is 0.271 e. The molecule has 0 unspecified atom stereocenters. The molecular formula is C12H20N4O. The maximum absolute atomic E-state index is 11.9. The van der Waals surface area contributed by atoms with E-state index in [2.05, 4.69) is 10.4 Å². The van der Waals surface area contributed by atoms with Crippen LogP contribution in [0.5, 0.6) is 0 Å². The van der Waals surface area contributed by atoms with Crippen LogP contribution in [-0.2, 0) is 7.05 Å². The van der Waals surface area contributed by atoms with Crippen molar-refractivity contribution in [3.63, 3.8) is 0 Å². The molecule has 0 bridgehead atoms. The van der Waals surface area contributed by atoms with E-state index in [4.69, 9.17) is 5.73 Å². The first-order valence-electron chi connectivity index (χ1n) is 6.17. The van der Waals surface area contributed by atoms with Gasteiger partial charge in [-0.05, 0) is 19.3 Å². The molecule has 1 heterocycles. The molecule has 1 amide bonds. The van der Waals surface area contributed by atoms with Crippen molar-refractivity contribution in [2.24, 2.45) is 13.0 Å². The lowest BCUT2D eigenvalue weighted by Crippen LogP contribution is -2.29. The molecule has 5 nitrogen and oxygen atoms in total. The molecular weight excluding hydrogens is 216 g/mol. The van der Waals surface area contributed by atoms with Crippen LogP contribution in [0, 0.1) is 12.8 Å². The summed E-state index contributed by atoms with van der Waals surface area (Å²) in [7, 11) is 1.74. The Balaban J connectivity index is 1.89. The van der Waals surface area contributed by atoms with Crippen LogP contribution >= 0.6 is 0 Å². The topological polar surface area (TPSA) is 72.9 Å². The molecule has 1 aromatic rings. The van der Waals surface area contributed by atoms with Gasteiger partial charge in [0.25, 0.3) is 5.91 Å². The summed E-state index contributed by atoms with van der Waals surface area (Å²) in [6.07, 6.45) is 5.03. The number of anilines is 1. The van der Waals surface area contributed by atoms with E-state index in [0.29, 0.717) is 17.1 Å². The Hall–Kier alpha value is -1.52. The molecule has 2 rings (SSSR count). The predicted molar refractivity (Wildman–Crippen MR) is 66.6 cm³/mol. The maximum atomic E-state index is 11.9. The summed E-state index contributed by atoms with van der Waals surface area (Å²) in [5, 5.41) is 7.05. The Morgan fingerprint density at radius 1 is 1.59 bits per heavy atom. The standard InChI is InChI=1S/C12H20N4O/c1-8-10(13)11(16(2)15-8)12(17)14-7-6-9-4-3-5-9/h9H,3-7,13H2,1-2H3,(H,14,17). The Morgan fingerprint density at radius 2 is 2.29 bits per heavy atom. The molecule has 0 aliphatic heterocycles. The highest BCUT2D eigenvalue weighted by molar-refractivity contribution is 5.97. The van der Waals surface area contributed by atoms with Crippen molar-refractivity contribution in [3.8, 4) is 0 Å². The normalized spacial score (nSPS) is 15.6. The van der Waals surface area contributed by atoms with E-state index in [0.717, 1.165) is 18.9 Å². The Morgan fingerprint density at radius 3 is 2.76 bits per heavy atom. The van der Waals surface area contributed by atoms with Crippen LogP contribution in [0.25, 0.3) is 0 Å². The molecule has 1 aliphatic rings. The second kappa shape index (κ2) is 4.77. The molecule has 0 spiro atoms. The average Bonchev–Trinajstić information content (AvgIpc) is 2.45. The monoisotopic (exact) mass is 236 g/mol. The summed E-state index contributed by atoms with van der Waals surface area (Å²) in [5.74, 6) is 0.686. The number of rotatable bonds is 4. The molecule has 0 radical (unpaired) electrons. The van der Waals surface area contributed by atoms with Gasteiger partial charge in [-0.15, -0.1) is 0 Å². The number of nitrogen functional groups attached to an aromatic ring is 1. The molecule has 94 valence electrons. The number of aryl methyl sites for hydroxylation is 2. The van der Waals surface area contributed by atoms with Crippen LogP contribution in [0.15, 0.2) is 0 Å². The van der Waals surface area contributed by atoms with E-state index in [-0.39, 0.29) is 5.91 Å². The minimum absolute atomic E-state index is 0.120. The van der Waals surface area contributed by atoms with Gasteiger partial charge in [-0.1, -0.05) is 19.3 Å². The Bertz CT molecular complexity index is 420. The molecule has 1 aliphatic carbocycles. The second-order valence-electron chi connectivity index (χ2n) is 4.81. The van der Waals surface area contributed by atoms with Gasteiger partial charge < -0.3 is 11.1 Å². The highest BCUT2D eigenvalue weighted by atomic mass is 16.2. The van der Waals surface area contributed by atoms with Crippen LogP contribution in [-0.4, -0.2) is 22.2 Å². The highest BCUT2D eigenvalue weighted by Crippen LogP contribution is 2.28. The molecule has 1 fully saturated rings. The Kier molecular flexibility index (Phi) is 3.36. The first-order chi connectivity index (χ1) is 8.09. The van der Waals surface area contributed by atoms with Gasteiger partial charge in [-0.25, -0.2) is 0 Å². The van der Waals surface area contributed by atoms with Crippen molar-refractivity contribution >= 4 is 11.6 Å². The third-order valence-corrected chi connectivity index (χ3v) is 3.55. The van der Waals surface area contributed by atoms with Crippen molar-refractivity contribution in [1.29, 1.82) is 0 Å². The van der Waals surface area contributed by atoms with E-state index in [9.17, 15) is 4.79 Å². The van der Waals surface area contributed by atoms with Crippen molar-refractivity contribution < 1.29 is 4.79 Å². The zero-order chi connectivity index (χ0) is 12.4. The van der Waals surface area contributed by atoms with E-state index < -0.39 is 0 Å². The van der Waals surface area contributed by atoms with Gasteiger partial charge in [-0.2, -0.15) is 5.10 Å². The van der Waals surface area contributed by atoms with Crippen molar-refractivity contribution in [2.75, 3.05) is 12.3 Å². The number of nitrogens with two attached hydrogens (primary N) is 1. The van der Waals surface area contributed by atoms with Crippen LogP contribution in [0.1, 0.15) is 41.9 Å². The number of nitrogens with zero attached hydrogens (tertiary/aromatic N) is 2. The number of carbonyl (C=O) groups is 1. The lowest BCUT2D eigenvalue weighted by atomic mass is 9.83. The zero-order valence-corrected chi connectivity index (χ0v) is 10.5. The van der Waals surface area contributed by atoms with Crippen molar-refractivity contribution in [2.45, 2.75) is 32.6 Å². The van der Waals surface area contributed by atoms with Gasteiger partial charge in [0.05, 0.1) is 11.4 Å². The summed E-state index contributed by atoms with van der Waals surface area (Å²) >= 11 is 0. The van der Waals surface area contributed by atoms with Crippen molar-refractivity contribution in [3.05, 3.63) is 11.4 Å². The Labute approximate surface area is 101 Å².